The van der Waals surface area contributed by atoms with Gasteiger partial charge >= 0.3 is 0 Å². The number of aromatic nitrogens is 1. The van der Waals surface area contributed by atoms with Crippen molar-refractivity contribution in [2.75, 3.05) is 0 Å². The maximum Gasteiger partial charge on any atom is 0.251 e. The maximum absolute atomic E-state index is 11.9. The first kappa shape index (κ1) is 12.4. The van der Waals surface area contributed by atoms with Gasteiger partial charge < -0.3 is 9.84 Å². The average Bonchev–Trinajstić information content (AvgIpc) is 2.82. The summed E-state index contributed by atoms with van der Waals surface area (Å²) in [4.78, 5) is 11.9. The van der Waals surface area contributed by atoms with E-state index in [0.29, 0.717) is 12.1 Å². The lowest BCUT2D eigenvalue weighted by Gasteiger charge is -2.04. The van der Waals surface area contributed by atoms with E-state index in [1.54, 1.807) is 0 Å². The van der Waals surface area contributed by atoms with Crippen molar-refractivity contribution in [3.8, 4) is 0 Å². The van der Waals surface area contributed by atoms with Gasteiger partial charge in [-0.05, 0) is 31.0 Å². The third kappa shape index (κ3) is 2.97. The van der Waals surface area contributed by atoms with E-state index in [1.807, 2.05) is 37.3 Å². The molecule has 0 aliphatic heterocycles. The van der Waals surface area contributed by atoms with Crippen LogP contribution < -0.4 is 5.32 Å². The van der Waals surface area contributed by atoms with E-state index < -0.39 is 0 Å². The molecule has 0 bridgehead atoms. The number of hydrogen-bond acceptors (Lipinski definition) is 3. The monoisotopic (exact) mass is 244 g/mol. The predicted molar refractivity (Wildman–Crippen MR) is 68.2 cm³/mol. The second-order valence-electron chi connectivity index (χ2n) is 4.17. The Hall–Kier alpha value is -2.10. The van der Waals surface area contributed by atoms with Crippen molar-refractivity contribution in [3.63, 3.8) is 0 Å². The smallest absolute Gasteiger partial charge is 0.251 e. The minimum Gasteiger partial charge on any atom is -0.361 e. The number of carbonyl (C=O) groups is 1. The molecule has 0 aliphatic rings. The average molecular weight is 244 g/mol. The second-order valence-corrected chi connectivity index (χ2v) is 4.17. The van der Waals surface area contributed by atoms with Crippen molar-refractivity contribution >= 4 is 5.91 Å². The summed E-state index contributed by atoms with van der Waals surface area (Å²) >= 11 is 0. The highest BCUT2D eigenvalue weighted by molar-refractivity contribution is 5.94. The summed E-state index contributed by atoms with van der Waals surface area (Å²) in [5.41, 5.74) is 2.56. The van der Waals surface area contributed by atoms with Gasteiger partial charge in [0.25, 0.3) is 5.91 Å². The van der Waals surface area contributed by atoms with Crippen molar-refractivity contribution in [2.24, 2.45) is 0 Å². The molecule has 4 heteroatoms. The molecular formula is C14H16N2O2. The molecule has 4 nitrogen and oxygen atoms in total. The van der Waals surface area contributed by atoms with Crippen LogP contribution in [0.4, 0.5) is 0 Å². The van der Waals surface area contributed by atoms with Gasteiger partial charge in [0.2, 0.25) is 0 Å². The highest BCUT2D eigenvalue weighted by Gasteiger charge is 2.07. The minimum absolute atomic E-state index is 0.0917. The number of hydrogen-bond donors (Lipinski definition) is 1. The van der Waals surface area contributed by atoms with Gasteiger partial charge in [-0.2, -0.15) is 0 Å². The van der Waals surface area contributed by atoms with Crippen molar-refractivity contribution in [3.05, 3.63) is 52.9 Å². The normalized spacial score (nSPS) is 10.3. The third-order valence-corrected chi connectivity index (χ3v) is 2.70. The Balaban J connectivity index is 1.99. The van der Waals surface area contributed by atoms with Gasteiger partial charge in [0, 0.05) is 11.6 Å². The SMILES string of the molecule is CCc1cccc(C(=O)NCc2cc(C)on2)c1. The predicted octanol–water partition coefficient (Wildman–Crippen LogP) is 2.48. The zero-order valence-corrected chi connectivity index (χ0v) is 10.6. The van der Waals surface area contributed by atoms with E-state index >= 15 is 0 Å². The molecule has 0 fully saturated rings. The Kier molecular flexibility index (Phi) is 3.77. The fourth-order valence-corrected chi connectivity index (χ4v) is 1.71. The molecule has 18 heavy (non-hydrogen) atoms. The van der Waals surface area contributed by atoms with Crippen LogP contribution in [0.25, 0.3) is 0 Å². The van der Waals surface area contributed by atoms with Gasteiger partial charge in [-0.25, -0.2) is 0 Å². The number of rotatable bonds is 4. The fraction of sp³-hybridized carbons (Fsp3) is 0.286. The molecule has 1 aromatic heterocycles. The molecule has 1 amide bonds. The molecule has 0 aliphatic carbocycles. The van der Waals surface area contributed by atoms with Crippen LogP contribution in [0.1, 0.15) is 34.3 Å². The van der Waals surface area contributed by atoms with E-state index in [0.717, 1.165) is 23.4 Å². The van der Waals surface area contributed by atoms with Gasteiger partial charge in [0.15, 0.2) is 0 Å². The van der Waals surface area contributed by atoms with E-state index in [9.17, 15) is 4.79 Å². The van der Waals surface area contributed by atoms with Crippen LogP contribution in [0.3, 0.4) is 0 Å². The number of carbonyl (C=O) groups excluding carboxylic acids is 1. The van der Waals surface area contributed by atoms with Crippen LogP contribution in [-0.4, -0.2) is 11.1 Å². The molecule has 0 saturated heterocycles. The molecule has 0 saturated carbocycles. The Morgan fingerprint density at radius 1 is 1.39 bits per heavy atom. The van der Waals surface area contributed by atoms with E-state index in [1.165, 1.54) is 0 Å². The molecule has 0 atom stereocenters. The van der Waals surface area contributed by atoms with Crippen LogP contribution in [0.15, 0.2) is 34.9 Å². The van der Waals surface area contributed by atoms with Crippen molar-refractivity contribution in [1.29, 1.82) is 0 Å². The summed E-state index contributed by atoms with van der Waals surface area (Å²) in [5, 5.41) is 6.64. The van der Waals surface area contributed by atoms with Crippen molar-refractivity contribution < 1.29 is 9.32 Å². The fourth-order valence-electron chi connectivity index (χ4n) is 1.71. The molecular weight excluding hydrogens is 228 g/mol. The van der Waals surface area contributed by atoms with Crippen molar-refractivity contribution in [2.45, 2.75) is 26.8 Å². The largest absolute Gasteiger partial charge is 0.361 e. The Bertz CT molecular complexity index is 546. The van der Waals surface area contributed by atoms with Gasteiger partial charge in [0.1, 0.15) is 11.5 Å². The highest BCUT2D eigenvalue weighted by atomic mass is 16.5. The summed E-state index contributed by atoms with van der Waals surface area (Å²) < 4.78 is 4.94. The highest BCUT2D eigenvalue weighted by Crippen LogP contribution is 2.06. The maximum atomic E-state index is 11.9. The number of aryl methyl sites for hydroxylation is 2. The lowest BCUT2D eigenvalue weighted by molar-refractivity contribution is 0.0950. The molecule has 2 aromatic rings. The zero-order chi connectivity index (χ0) is 13.0. The second kappa shape index (κ2) is 5.49. The zero-order valence-electron chi connectivity index (χ0n) is 10.6. The van der Waals surface area contributed by atoms with Gasteiger partial charge in [-0.1, -0.05) is 24.2 Å². The van der Waals surface area contributed by atoms with Crippen LogP contribution in [-0.2, 0) is 13.0 Å². The lowest BCUT2D eigenvalue weighted by atomic mass is 10.1. The van der Waals surface area contributed by atoms with Crippen LogP contribution >= 0.6 is 0 Å². The first-order valence-electron chi connectivity index (χ1n) is 5.98. The summed E-state index contributed by atoms with van der Waals surface area (Å²) in [6.45, 7) is 4.27. The lowest BCUT2D eigenvalue weighted by Crippen LogP contribution is -2.23. The minimum atomic E-state index is -0.0917. The molecule has 0 spiro atoms. The Morgan fingerprint density at radius 3 is 2.89 bits per heavy atom. The van der Waals surface area contributed by atoms with Crippen molar-refractivity contribution in [1.82, 2.24) is 10.5 Å². The number of nitrogens with zero attached hydrogens (tertiary/aromatic N) is 1. The Labute approximate surface area is 106 Å². The van der Waals surface area contributed by atoms with Crippen LogP contribution in [0, 0.1) is 6.92 Å². The number of nitrogens with one attached hydrogen (secondary N) is 1. The molecule has 1 heterocycles. The molecule has 1 aromatic carbocycles. The first-order valence-corrected chi connectivity index (χ1v) is 5.98. The molecule has 2 rings (SSSR count). The third-order valence-electron chi connectivity index (χ3n) is 2.70. The molecule has 94 valence electrons. The summed E-state index contributed by atoms with van der Waals surface area (Å²) in [6, 6.07) is 9.43. The van der Waals surface area contributed by atoms with Gasteiger partial charge in [0.05, 0.1) is 6.54 Å². The van der Waals surface area contributed by atoms with E-state index in [2.05, 4.69) is 17.4 Å². The topological polar surface area (TPSA) is 55.1 Å². The summed E-state index contributed by atoms with van der Waals surface area (Å²) in [7, 11) is 0. The standard InChI is InChI=1S/C14H16N2O2/c1-3-11-5-4-6-12(8-11)14(17)15-9-13-7-10(2)18-16-13/h4-8H,3,9H2,1-2H3,(H,15,17). The molecule has 0 radical (unpaired) electrons. The quantitative estimate of drug-likeness (QED) is 0.898. The Morgan fingerprint density at radius 2 is 2.22 bits per heavy atom. The molecule has 0 unspecified atom stereocenters. The first-order chi connectivity index (χ1) is 8.69. The molecule has 1 N–H and O–H groups in total. The van der Waals surface area contributed by atoms with Gasteiger partial charge in [-0.15, -0.1) is 0 Å². The number of benzene rings is 1. The van der Waals surface area contributed by atoms with E-state index in [-0.39, 0.29) is 5.91 Å². The van der Waals surface area contributed by atoms with Crippen LogP contribution in [0.5, 0.6) is 0 Å². The van der Waals surface area contributed by atoms with Crippen LogP contribution in [0.2, 0.25) is 0 Å². The summed E-state index contributed by atoms with van der Waals surface area (Å²) in [6.07, 6.45) is 0.920. The summed E-state index contributed by atoms with van der Waals surface area (Å²) in [5.74, 6) is 0.651. The number of amides is 1. The van der Waals surface area contributed by atoms with Gasteiger partial charge in [-0.3, -0.25) is 4.79 Å². The van der Waals surface area contributed by atoms with E-state index in [4.69, 9.17) is 4.52 Å².